The highest BCUT2D eigenvalue weighted by molar-refractivity contribution is 6.01. The first-order valence-electron chi connectivity index (χ1n) is 9.92. The number of rotatable bonds is 8. The van der Waals surface area contributed by atoms with E-state index in [0.29, 0.717) is 28.7 Å². The summed E-state index contributed by atoms with van der Waals surface area (Å²) in [5.74, 6) is 1.30. The molecule has 2 aromatic carbocycles. The van der Waals surface area contributed by atoms with Crippen LogP contribution in [0.5, 0.6) is 11.5 Å². The maximum atomic E-state index is 12.5. The average Bonchev–Trinajstić information content (AvgIpc) is 3.12. The molecule has 32 heavy (non-hydrogen) atoms. The van der Waals surface area contributed by atoms with E-state index in [1.165, 1.54) is 22.9 Å². The number of aromatic nitrogens is 2. The summed E-state index contributed by atoms with van der Waals surface area (Å²) in [5.41, 5.74) is 2.03. The number of ether oxygens (including phenoxy) is 2. The number of carbonyl (C=O) groups excluding carboxylic acids is 1. The topological polar surface area (TPSA) is 109 Å². The van der Waals surface area contributed by atoms with Crippen molar-refractivity contribution >= 4 is 23.5 Å². The van der Waals surface area contributed by atoms with Crippen LogP contribution < -0.4 is 14.8 Å². The predicted molar refractivity (Wildman–Crippen MR) is 121 cm³/mol. The number of nitrogens with one attached hydrogen (secondary N) is 1. The molecular formula is C23H24N4O5. The lowest BCUT2D eigenvalue weighted by Crippen LogP contribution is -2.12. The Morgan fingerprint density at radius 2 is 1.88 bits per heavy atom. The van der Waals surface area contributed by atoms with Crippen LogP contribution in [-0.4, -0.2) is 33.8 Å². The third-order valence-electron chi connectivity index (χ3n) is 4.37. The Kier molecular flexibility index (Phi) is 6.89. The van der Waals surface area contributed by atoms with Crippen LogP contribution in [0.15, 0.2) is 54.6 Å². The van der Waals surface area contributed by atoms with Crippen LogP contribution in [-0.2, 0) is 4.79 Å². The van der Waals surface area contributed by atoms with Crippen molar-refractivity contribution in [3.05, 3.63) is 76.0 Å². The molecule has 1 amide bonds. The molecule has 166 valence electrons. The number of methoxy groups -OCH3 is 1. The fourth-order valence-corrected chi connectivity index (χ4v) is 2.98. The highest BCUT2D eigenvalue weighted by Crippen LogP contribution is 2.29. The molecule has 0 fully saturated rings. The molecule has 3 aromatic rings. The highest BCUT2D eigenvalue weighted by Gasteiger charge is 2.12. The Hall–Kier alpha value is -4.14. The Balaban J connectivity index is 1.75. The van der Waals surface area contributed by atoms with Crippen LogP contribution in [0.2, 0.25) is 0 Å². The van der Waals surface area contributed by atoms with E-state index >= 15 is 0 Å². The lowest BCUT2D eigenvalue weighted by Gasteiger charge is -2.13. The summed E-state index contributed by atoms with van der Waals surface area (Å²) in [7, 11) is 1.56. The molecule has 3 rings (SSSR count). The normalized spacial score (nSPS) is 11.0. The van der Waals surface area contributed by atoms with E-state index < -0.39 is 4.92 Å². The number of anilines is 1. The molecule has 0 atom stereocenters. The van der Waals surface area contributed by atoms with Crippen molar-refractivity contribution in [2.45, 2.75) is 26.9 Å². The molecule has 0 radical (unpaired) electrons. The van der Waals surface area contributed by atoms with Crippen LogP contribution in [0.25, 0.3) is 11.8 Å². The molecule has 1 heterocycles. The molecule has 9 heteroatoms. The summed E-state index contributed by atoms with van der Waals surface area (Å²) >= 11 is 0. The zero-order chi connectivity index (χ0) is 23.3. The fraction of sp³-hybridized carbons (Fsp3) is 0.217. The molecule has 0 bridgehead atoms. The number of aryl methyl sites for hydroxylation is 1. The van der Waals surface area contributed by atoms with Gasteiger partial charge in [-0.2, -0.15) is 5.10 Å². The first-order valence-corrected chi connectivity index (χ1v) is 9.92. The van der Waals surface area contributed by atoms with Crippen LogP contribution >= 0.6 is 0 Å². The second-order valence-corrected chi connectivity index (χ2v) is 7.26. The average molecular weight is 436 g/mol. The molecule has 0 saturated heterocycles. The Morgan fingerprint density at radius 3 is 2.50 bits per heavy atom. The first kappa shape index (κ1) is 22.5. The summed E-state index contributed by atoms with van der Waals surface area (Å²) in [6.07, 6.45) is 3.08. The van der Waals surface area contributed by atoms with Gasteiger partial charge in [-0.3, -0.25) is 14.9 Å². The summed E-state index contributed by atoms with van der Waals surface area (Å²) in [4.78, 5) is 22.9. The zero-order valence-corrected chi connectivity index (χ0v) is 18.2. The summed E-state index contributed by atoms with van der Waals surface area (Å²) in [6.45, 7) is 5.65. The SMILES string of the molecule is COc1cc(/C=C/C(=O)Nc2cc(C)nn2-c2ccc([N+](=O)[O-])cc2)ccc1OC(C)C. The minimum atomic E-state index is -0.470. The molecule has 0 aliphatic carbocycles. The number of benzene rings is 2. The van der Waals surface area contributed by atoms with E-state index in [-0.39, 0.29) is 17.7 Å². The molecule has 1 aromatic heterocycles. The fourth-order valence-electron chi connectivity index (χ4n) is 2.98. The van der Waals surface area contributed by atoms with Gasteiger partial charge in [0.2, 0.25) is 5.91 Å². The van der Waals surface area contributed by atoms with Crippen molar-refractivity contribution < 1.29 is 19.2 Å². The van der Waals surface area contributed by atoms with Crippen LogP contribution in [0, 0.1) is 17.0 Å². The van der Waals surface area contributed by atoms with Crippen molar-refractivity contribution in [2.24, 2.45) is 0 Å². The van der Waals surface area contributed by atoms with Gasteiger partial charge in [0, 0.05) is 24.3 Å². The molecule has 0 saturated carbocycles. The number of nitro benzene ring substituents is 1. The molecular weight excluding hydrogens is 412 g/mol. The minimum Gasteiger partial charge on any atom is -0.493 e. The number of amides is 1. The standard InChI is InChI=1S/C23H24N4O5/c1-15(2)32-20-11-5-17(14-21(20)31-4)6-12-23(28)24-22-13-16(3)25-26(22)18-7-9-19(10-8-18)27(29)30/h5-15H,1-4H3,(H,24,28)/b12-6+. The maximum Gasteiger partial charge on any atom is 0.269 e. The first-order chi connectivity index (χ1) is 15.3. The van der Waals surface area contributed by atoms with Gasteiger partial charge in [-0.15, -0.1) is 0 Å². The third kappa shape index (κ3) is 5.51. The van der Waals surface area contributed by atoms with E-state index in [4.69, 9.17) is 9.47 Å². The third-order valence-corrected chi connectivity index (χ3v) is 4.37. The highest BCUT2D eigenvalue weighted by atomic mass is 16.6. The number of hydrogen-bond acceptors (Lipinski definition) is 6. The summed E-state index contributed by atoms with van der Waals surface area (Å²) in [6, 6.07) is 13.0. The van der Waals surface area contributed by atoms with Gasteiger partial charge in [-0.05, 0) is 56.7 Å². The van der Waals surface area contributed by atoms with Gasteiger partial charge in [0.1, 0.15) is 5.82 Å². The Bertz CT molecular complexity index is 1150. The maximum absolute atomic E-state index is 12.5. The van der Waals surface area contributed by atoms with Gasteiger partial charge in [0.05, 0.1) is 29.5 Å². The van der Waals surface area contributed by atoms with Crippen molar-refractivity contribution in [2.75, 3.05) is 12.4 Å². The summed E-state index contributed by atoms with van der Waals surface area (Å²) in [5, 5.41) is 18.0. The largest absolute Gasteiger partial charge is 0.493 e. The Morgan fingerprint density at radius 1 is 1.16 bits per heavy atom. The smallest absolute Gasteiger partial charge is 0.269 e. The van der Waals surface area contributed by atoms with Gasteiger partial charge in [0.15, 0.2) is 11.5 Å². The number of nitro groups is 1. The van der Waals surface area contributed by atoms with Gasteiger partial charge in [-0.1, -0.05) is 6.07 Å². The quantitative estimate of drug-likeness (QED) is 0.316. The predicted octanol–water partition coefficient (Wildman–Crippen LogP) is 4.54. The van der Waals surface area contributed by atoms with Gasteiger partial charge in [0.25, 0.3) is 5.69 Å². The molecule has 0 spiro atoms. The molecule has 9 nitrogen and oxygen atoms in total. The monoisotopic (exact) mass is 436 g/mol. The van der Waals surface area contributed by atoms with Crippen molar-refractivity contribution in [3.8, 4) is 17.2 Å². The van der Waals surface area contributed by atoms with Gasteiger partial charge in [-0.25, -0.2) is 4.68 Å². The number of nitrogens with zero attached hydrogens (tertiary/aromatic N) is 3. The molecule has 0 aliphatic rings. The van der Waals surface area contributed by atoms with E-state index in [1.807, 2.05) is 19.9 Å². The van der Waals surface area contributed by atoms with Gasteiger partial charge >= 0.3 is 0 Å². The van der Waals surface area contributed by atoms with Crippen LogP contribution in [0.4, 0.5) is 11.5 Å². The van der Waals surface area contributed by atoms with Crippen LogP contribution in [0.1, 0.15) is 25.1 Å². The second kappa shape index (κ2) is 9.78. The van der Waals surface area contributed by atoms with Gasteiger partial charge < -0.3 is 14.8 Å². The second-order valence-electron chi connectivity index (χ2n) is 7.26. The Labute approximate surface area is 185 Å². The zero-order valence-electron chi connectivity index (χ0n) is 18.2. The number of carbonyl (C=O) groups is 1. The van der Waals surface area contributed by atoms with Crippen molar-refractivity contribution in [1.82, 2.24) is 9.78 Å². The van der Waals surface area contributed by atoms with E-state index in [1.54, 1.807) is 50.4 Å². The van der Waals surface area contributed by atoms with Crippen molar-refractivity contribution in [1.29, 1.82) is 0 Å². The minimum absolute atomic E-state index is 0.0140. The molecule has 1 N–H and O–H groups in total. The lowest BCUT2D eigenvalue weighted by molar-refractivity contribution is -0.384. The lowest BCUT2D eigenvalue weighted by atomic mass is 10.2. The van der Waals surface area contributed by atoms with Crippen molar-refractivity contribution in [3.63, 3.8) is 0 Å². The van der Waals surface area contributed by atoms with Crippen LogP contribution in [0.3, 0.4) is 0 Å². The number of non-ortho nitro benzene ring substituents is 1. The molecule has 0 unspecified atom stereocenters. The summed E-state index contributed by atoms with van der Waals surface area (Å²) < 4.78 is 12.6. The van der Waals surface area contributed by atoms with E-state index in [0.717, 1.165) is 5.56 Å². The number of hydrogen-bond donors (Lipinski definition) is 1. The molecule has 0 aliphatic heterocycles. The van der Waals surface area contributed by atoms with E-state index in [9.17, 15) is 14.9 Å². The van der Waals surface area contributed by atoms with E-state index in [2.05, 4.69) is 10.4 Å².